The Labute approximate surface area is 148 Å². The zero-order valence-electron chi connectivity index (χ0n) is 14.5. The van der Waals surface area contributed by atoms with Gasteiger partial charge in [0.25, 0.3) is 5.91 Å². The number of sulfonamides is 1. The zero-order chi connectivity index (χ0) is 18.1. The minimum atomic E-state index is -3.72. The van der Waals surface area contributed by atoms with E-state index in [-0.39, 0.29) is 21.4 Å². The molecule has 0 radical (unpaired) electrons. The van der Waals surface area contributed by atoms with Gasteiger partial charge in [0.1, 0.15) is 4.90 Å². The van der Waals surface area contributed by atoms with Gasteiger partial charge in [-0.3, -0.25) is 4.79 Å². The maximum Gasteiger partial charge on any atom is 0.251 e. The van der Waals surface area contributed by atoms with Gasteiger partial charge in [0.05, 0.1) is 5.02 Å². The highest BCUT2D eigenvalue weighted by Gasteiger charge is 2.30. The van der Waals surface area contributed by atoms with E-state index < -0.39 is 15.6 Å². The summed E-state index contributed by atoms with van der Waals surface area (Å²) < 4.78 is 27.1. The molecule has 1 heterocycles. The molecule has 1 aromatic rings. The first-order valence-electron chi connectivity index (χ1n) is 7.81. The first kappa shape index (κ1) is 19.2. The van der Waals surface area contributed by atoms with Crippen LogP contribution < -0.4 is 5.32 Å². The molecule has 1 N–H and O–H groups in total. The van der Waals surface area contributed by atoms with Crippen LogP contribution in [0.4, 0.5) is 0 Å². The van der Waals surface area contributed by atoms with Gasteiger partial charge in [-0.15, -0.1) is 0 Å². The molecular formula is C16H24ClN3O3S. The minimum absolute atomic E-state index is 0.0183. The van der Waals surface area contributed by atoms with Crippen molar-refractivity contribution >= 4 is 27.5 Å². The lowest BCUT2D eigenvalue weighted by molar-refractivity contribution is 0.0919. The van der Waals surface area contributed by atoms with E-state index in [0.29, 0.717) is 26.2 Å². The van der Waals surface area contributed by atoms with Crippen molar-refractivity contribution in [1.82, 2.24) is 14.5 Å². The molecule has 2 rings (SSSR count). The molecule has 8 heteroatoms. The molecule has 1 fully saturated rings. The van der Waals surface area contributed by atoms with Crippen molar-refractivity contribution in [3.8, 4) is 0 Å². The maximum absolute atomic E-state index is 12.9. The van der Waals surface area contributed by atoms with Gasteiger partial charge in [-0.05, 0) is 46.0 Å². The Morgan fingerprint density at radius 1 is 1.17 bits per heavy atom. The van der Waals surface area contributed by atoms with Crippen molar-refractivity contribution in [2.45, 2.75) is 31.2 Å². The molecule has 1 aliphatic rings. The Bertz CT molecular complexity index is 721. The molecule has 134 valence electrons. The first-order valence-corrected chi connectivity index (χ1v) is 9.63. The van der Waals surface area contributed by atoms with Gasteiger partial charge < -0.3 is 10.2 Å². The van der Waals surface area contributed by atoms with Gasteiger partial charge in [-0.1, -0.05) is 11.6 Å². The first-order chi connectivity index (χ1) is 11.0. The Balaban J connectivity index is 2.33. The SMILES string of the molecule is CN1CCN(S(=O)(=O)c2cc(C(=O)NC(C)(C)C)ccc2Cl)CC1. The third-order valence-electron chi connectivity index (χ3n) is 3.76. The minimum Gasteiger partial charge on any atom is -0.347 e. The van der Waals surface area contributed by atoms with Gasteiger partial charge in [-0.25, -0.2) is 8.42 Å². The highest BCUT2D eigenvalue weighted by atomic mass is 35.5. The molecule has 0 saturated carbocycles. The van der Waals surface area contributed by atoms with Gasteiger partial charge in [0.15, 0.2) is 0 Å². The van der Waals surface area contributed by atoms with Crippen LogP contribution in [0.1, 0.15) is 31.1 Å². The van der Waals surface area contributed by atoms with E-state index in [1.165, 1.54) is 22.5 Å². The molecule has 0 atom stereocenters. The van der Waals surface area contributed by atoms with E-state index in [2.05, 4.69) is 10.2 Å². The molecule has 0 aromatic heterocycles. The number of benzene rings is 1. The third-order valence-corrected chi connectivity index (χ3v) is 6.14. The summed E-state index contributed by atoms with van der Waals surface area (Å²) >= 11 is 6.12. The lowest BCUT2D eigenvalue weighted by Crippen LogP contribution is -2.47. The predicted molar refractivity (Wildman–Crippen MR) is 94.9 cm³/mol. The van der Waals surface area contributed by atoms with Crippen molar-refractivity contribution in [2.24, 2.45) is 0 Å². The standard InChI is InChI=1S/C16H24ClN3O3S/c1-16(2,3)18-15(21)12-5-6-13(17)14(11-12)24(22,23)20-9-7-19(4)8-10-20/h5-6,11H,7-10H2,1-4H3,(H,18,21). The molecule has 0 bridgehead atoms. The third kappa shape index (κ3) is 4.47. The van der Waals surface area contributed by atoms with E-state index >= 15 is 0 Å². The molecule has 1 aromatic carbocycles. The summed E-state index contributed by atoms with van der Waals surface area (Å²) in [6.45, 7) is 7.75. The molecule has 6 nitrogen and oxygen atoms in total. The highest BCUT2D eigenvalue weighted by molar-refractivity contribution is 7.89. The second-order valence-electron chi connectivity index (χ2n) is 7.06. The van der Waals surface area contributed by atoms with Crippen molar-refractivity contribution in [2.75, 3.05) is 33.2 Å². The van der Waals surface area contributed by atoms with E-state index in [9.17, 15) is 13.2 Å². The Morgan fingerprint density at radius 3 is 2.29 bits per heavy atom. The summed E-state index contributed by atoms with van der Waals surface area (Å²) in [5, 5.41) is 2.95. The van der Waals surface area contributed by atoms with Crippen LogP contribution in [-0.2, 0) is 10.0 Å². The number of hydrogen-bond donors (Lipinski definition) is 1. The quantitative estimate of drug-likeness (QED) is 0.877. The number of hydrogen-bond acceptors (Lipinski definition) is 4. The lowest BCUT2D eigenvalue weighted by Gasteiger charge is -2.31. The molecule has 1 aliphatic heterocycles. The van der Waals surface area contributed by atoms with Crippen LogP contribution in [0.15, 0.2) is 23.1 Å². The van der Waals surface area contributed by atoms with Gasteiger partial charge in [0.2, 0.25) is 10.0 Å². The summed E-state index contributed by atoms with van der Waals surface area (Å²) in [6.07, 6.45) is 0. The normalized spacial score (nSPS) is 17.7. The number of piperazine rings is 1. The second-order valence-corrected chi connectivity index (χ2v) is 9.37. The number of carbonyl (C=O) groups is 1. The van der Waals surface area contributed by atoms with E-state index in [0.717, 1.165) is 0 Å². The number of amides is 1. The summed E-state index contributed by atoms with van der Waals surface area (Å²) in [6, 6.07) is 4.35. The van der Waals surface area contributed by atoms with Crippen molar-refractivity contribution < 1.29 is 13.2 Å². The fourth-order valence-corrected chi connectivity index (χ4v) is 4.35. The molecule has 0 aliphatic carbocycles. The molecule has 1 amide bonds. The number of carbonyl (C=O) groups excluding carboxylic acids is 1. The fraction of sp³-hybridized carbons (Fsp3) is 0.562. The van der Waals surface area contributed by atoms with Crippen LogP contribution in [0, 0.1) is 0 Å². The van der Waals surface area contributed by atoms with Crippen LogP contribution >= 0.6 is 11.6 Å². The van der Waals surface area contributed by atoms with Gasteiger partial charge >= 0.3 is 0 Å². The number of nitrogens with one attached hydrogen (secondary N) is 1. The number of halogens is 1. The average molecular weight is 374 g/mol. The number of rotatable bonds is 3. The smallest absolute Gasteiger partial charge is 0.251 e. The number of nitrogens with zero attached hydrogens (tertiary/aromatic N) is 2. The fourth-order valence-electron chi connectivity index (χ4n) is 2.42. The van der Waals surface area contributed by atoms with E-state index in [1.54, 1.807) is 0 Å². The summed E-state index contributed by atoms with van der Waals surface area (Å²) in [7, 11) is -1.77. The van der Waals surface area contributed by atoms with Crippen LogP contribution in [0.3, 0.4) is 0 Å². The maximum atomic E-state index is 12.9. The van der Waals surface area contributed by atoms with Crippen LogP contribution in [0.5, 0.6) is 0 Å². The molecule has 0 spiro atoms. The highest BCUT2D eigenvalue weighted by Crippen LogP contribution is 2.26. The van der Waals surface area contributed by atoms with Crippen molar-refractivity contribution in [3.63, 3.8) is 0 Å². The summed E-state index contributed by atoms with van der Waals surface area (Å²) in [4.78, 5) is 14.4. The van der Waals surface area contributed by atoms with Crippen LogP contribution in [-0.4, -0.2) is 62.3 Å². The van der Waals surface area contributed by atoms with E-state index in [1.807, 2.05) is 27.8 Å². The van der Waals surface area contributed by atoms with Gasteiger partial charge in [0, 0.05) is 37.3 Å². The lowest BCUT2D eigenvalue weighted by atomic mass is 10.1. The van der Waals surface area contributed by atoms with E-state index in [4.69, 9.17) is 11.6 Å². The molecule has 1 saturated heterocycles. The summed E-state index contributed by atoms with van der Waals surface area (Å²) in [5.74, 6) is -0.325. The van der Waals surface area contributed by atoms with Crippen LogP contribution in [0.2, 0.25) is 5.02 Å². The van der Waals surface area contributed by atoms with Crippen LogP contribution in [0.25, 0.3) is 0 Å². The number of likely N-dealkylation sites (N-methyl/N-ethyl adjacent to an activating group) is 1. The zero-order valence-corrected chi connectivity index (χ0v) is 16.0. The topological polar surface area (TPSA) is 69.7 Å². The molecule has 24 heavy (non-hydrogen) atoms. The second kappa shape index (κ2) is 7.00. The Morgan fingerprint density at radius 2 is 1.75 bits per heavy atom. The average Bonchev–Trinajstić information content (AvgIpc) is 2.46. The molecular weight excluding hydrogens is 350 g/mol. The Kier molecular flexibility index (Phi) is 5.59. The van der Waals surface area contributed by atoms with Gasteiger partial charge in [-0.2, -0.15) is 4.31 Å². The van der Waals surface area contributed by atoms with Crippen molar-refractivity contribution in [1.29, 1.82) is 0 Å². The summed E-state index contributed by atoms with van der Waals surface area (Å²) in [5.41, 5.74) is -0.130. The predicted octanol–water partition coefficient (Wildman–Crippen LogP) is 1.80. The molecule has 0 unspecified atom stereocenters. The van der Waals surface area contributed by atoms with Crippen molar-refractivity contribution in [3.05, 3.63) is 28.8 Å². The monoisotopic (exact) mass is 373 g/mol. The Hall–Kier alpha value is -1.15. The largest absolute Gasteiger partial charge is 0.347 e.